The first kappa shape index (κ1) is 16.4. The molecule has 2 aromatic carbocycles. The van der Waals surface area contributed by atoms with Crippen LogP contribution >= 0.6 is 0 Å². The van der Waals surface area contributed by atoms with E-state index >= 15 is 0 Å². The van der Waals surface area contributed by atoms with Crippen molar-refractivity contribution in [1.29, 1.82) is 0 Å². The van der Waals surface area contributed by atoms with Gasteiger partial charge in [-0.25, -0.2) is 30.7 Å². The minimum absolute atomic E-state index is 0.748. The van der Waals surface area contributed by atoms with Crippen LogP contribution in [0.5, 0.6) is 0 Å². The van der Waals surface area contributed by atoms with Crippen LogP contribution in [0.25, 0.3) is 11.1 Å². The molecule has 0 spiro atoms. The summed E-state index contributed by atoms with van der Waals surface area (Å²) in [4.78, 5) is 0. The van der Waals surface area contributed by atoms with Crippen LogP contribution in [-0.2, 0) is 0 Å². The summed E-state index contributed by atoms with van der Waals surface area (Å²) in [6.07, 6.45) is 0. The molecule has 0 bridgehead atoms. The summed E-state index contributed by atoms with van der Waals surface area (Å²) in [5, 5.41) is 0. The van der Waals surface area contributed by atoms with Gasteiger partial charge in [-0.05, 0) is 19.3 Å². The molecule has 2 rings (SSSR count). The Kier molecular flexibility index (Phi) is 3.97. The molecule has 0 saturated heterocycles. The second kappa shape index (κ2) is 5.33. The van der Waals surface area contributed by atoms with E-state index in [0.29, 0.717) is 0 Å². The summed E-state index contributed by atoms with van der Waals surface area (Å²) in [5.74, 6) is -12.6. The zero-order chi connectivity index (χ0) is 16.9. The highest BCUT2D eigenvalue weighted by Crippen LogP contribution is 2.35. The summed E-state index contributed by atoms with van der Waals surface area (Å²) in [6, 6.07) is 0. The SMILES string of the molecule is [B]c1c(F)c(C)c(F)c(-c2c(F)c(F)c(C)c(F)c2F)c1F. The largest absolute Gasteiger partial charge is 0.207 e. The van der Waals surface area contributed by atoms with Crippen molar-refractivity contribution < 1.29 is 30.7 Å². The summed E-state index contributed by atoms with van der Waals surface area (Å²) >= 11 is 0. The summed E-state index contributed by atoms with van der Waals surface area (Å²) in [7, 11) is 5.05. The molecule has 114 valence electrons. The van der Waals surface area contributed by atoms with Gasteiger partial charge in [-0.15, -0.1) is 0 Å². The lowest BCUT2D eigenvalue weighted by molar-refractivity contribution is 0.446. The van der Waals surface area contributed by atoms with Crippen molar-refractivity contribution in [2.24, 2.45) is 0 Å². The quantitative estimate of drug-likeness (QED) is 0.427. The maximum absolute atomic E-state index is 14.0. The van der Waals surface area contributed by atoms with Crippen LogP contribution in [0.3, 0.4) is 0 Å². The molecule has 0 amide bonds. The van der Waals surface area contributed by atoms with Crippen molar-refractivity contribution in [3.63, 3.8) is 0 Å². The highest BCUT2D eigenvalue weighted by atomic mass is 19.2. The average molecular weight is 318 g/mol. The fourth-order valence-corrected chi connectivity index (χ4v) is 1.99. The fraction of sp³-hybridized carbons (Fsp3) is 0.143. The highest BCUT2D eigenvalue weighted by molar-refractivity contribution is 6.33. The van der Waals surface area contributed by atoms with Crippen LogP contribution in [0.1, 0.15) is 11.1 Å². The van der Waals surface area contributed by atoms with Crippen LogP contribution in [0.15, 0.2) is 0 Å². The van der Waals surface area contributed by atoms with E-state index in [-0.39, 0.29) is 0 Å². The minimum Gasteiger partial charge on any atom is -0.207 e. The zero-order valence-corrected chi connectivity index (χ0v) is 11.2. The Morgan fingerprint density at radius 3 is 1.32 bits per heavy atom. The van der Waals surface area contributed by atoms with Crippen molar-refractivity contribution >= 4 is 13.3 Å². The van der Waals surface area contributed by atoms with E-state index in [0.717, 1.165) is 13.8 Å². The molecule has 2 aromatic rings. The maximum atomic E-state index is 14.0. The van der Waals surface area contributed by atoms with Crippen LogP contribution in [0.2, 0.25) is 0 Å². The van der Waals surface area contributed by atoms with Gasteiger partial charge < -0.3 is 0 Å². The van der Waals surface area contributed by atoms with Crippen molar-refractivity contribution in [2.45, 2.75) is 13.8 Å². The van der Waals surface area contributed by atoms with Gasteiger partial charge in [0.1, 0.15) is 25.3 Å². The average Bonchev–Trinajstić information content (AvgIpc) is 2.50. The maximum Gasteiger partial charge on any atom is 0.170 e. The molecule has 0 fully saturated rings. The van der Waals surface area contributed by atoms with E-state index in [1.54, 1.807) is 0 Å². The third-order valence-electron chi connectivity index (χ3n) is 3.30. The monoisotopic (exact) mass is 318 g/mol. The van der Waals surface area contributed by atoms with E-state index in [1.807, 2.05) is 0 Å². The predicted octanol–water partition coefficient (Wildman–Crippen LogP) is 3.74. The van der Waals surface area contributed by atoms with Crippen molar-refractivity contribution in [3.05, 3.63) is 51.8 Å². The van der Waals surface area contributed by atoms with Gasteiger partial charge >= 0.3 is 0 Å². The molecule has 0 unspecified atom stereocenters. The first-order valence-electron chi connectivity index (χ1n) is 5.86. The Morgan fingerprint density at radius 2 is 0.864 bits per heavy atom. The summed E-state index contributed by atoms with van der Waals surface area (Å²) in [6.45, 7) is 1.58. The number of hydrogen-bond acceptors (Lipinski definition) is 0. The third-order valence-corrected chi connectivity index (χ3v) is 3.30. The Bertz CT molecular complexity index is 673. The van der Waals surface area contributed by atoms with Gasteiger partial charge in [0.05, 0.1) is 11.1 Å². The van der Waals surface area contributed by atoms with E-state index < -0.39 is 68.4 Å². The van der Waals surface area contributed by atoms with Crippen LogP contribution in [0, 0.1) is 54.6 Å². The summed E-state index contributed by atoms with van der Waals surface area (Å²) < 4.78 is 96.1. The van der Waals surface area contributed by atoms with Gasteiger partial charge in [-0.1, -0.05) is 0 Å². The molecule has 0 saturated carbocycles. The first-order chi connectivity index (χ1) is 10.1. The number of benzene rings is 2. The van der Waals surface area contributed by atoms with Gasteiger partial charge in [0.25, 0.3) is 0 Å². The molecule has 0 aliphatic heterocycles. The van der Waals surface area contributed by atoms with Crippen LogP contribution in [-0.4, -0.2) is 7.85 Å². The minimum atomic E-state index is -2.00. The Morgan fingerprint density at radius 1 is 0.500 bits per heavy atom. The number of rotatable bonds is 1. The van der Waals surface area contributed by atoms with E-state index in [2.05, 4.69) is 0 Å². The molecule has 0 aromatic heterocycles. The third kappa shape index (κ3) is 2.08. The molecule has 8 heteroatoms. The van der Waals surface area contributed by atoms with E-state index in [1.165, 1.54) is 0 Å². The van der Waals surface area contributed by atoms with Crippen LogP contribution in [0.4, 0.5) is 30.7 Å². The lowest BCUT2D eigenvalue weighted by Crippen LogP contribution is -2.20. The fourth-order valence-electron chi connectivity index (χ4n) is 1.99. The summed E-state index contributed by atoms with van der Waals surface area (Å²) in [5.41, 5.74) is -6.14. The first-order valence-corrected chi connectivity index (χ1v) is 5.86. The molecule has 0 aliphatic carbocycles. The molecular weight excluding hydrogens is 312 g/mol. The predicted molar refractivity (Wildman–Crippen MR) is 66.4 cm³/mol. The Balaban J connectivity index is 3.03. The Labute approximate surface area is 122 Å². The number of hydrogen-bond donors (Lipinski definition) is 0. The second-order valence-electron chi connectivity index (χ2n) is 4.61. The lowest BCUT2D eigenvalue weighted by Gasteiger charge is -2.15. The lowest BCUT2D eigenvalue weighted by atomic mass is 9.87. The van der Waals surface area contributed by atoms with Crippen LogP contribution < -0.4 is 5.46 Å². The smallest absolute Gasteiger partial charge is 0.170 e. The highest BCUT2D eigenvalue weighted by Gasteiger charge is 2.30. The number of halogens is 7. The van der Waals surface area contributed by atoms with Gasteiger partial charge in [0.2, 0.25) is 0 Å². The molecule has 0 heterocycles. The van der Waals surface area contributed by atoms with E-state index in [9.17, 15) is 30.7 Å². The van der Waals surface area contributed by atoms with Crippen molar-refractivity contribution in [3.8, 4) is 11.1 Å². The van der Waals surface area contributed by atoms with Gasteiger partial charge in [0.15, 0.2) is 23.3 Å². The molecule has 22 heavy (non-hydrogen) atoms. The molecule has 2 radical (unpaired) electrons. The van der Waals surface area contributed by atoms with E-state index in [4.69, 9.17) is 7.85 Å². The molecule has 0 atom stereocenters. The molecule has 0 nitrogen and oxygen atoms in total. The Hall–Kier alpha value is -1.99. The standard InChI is InChI=1S/C14H6BF7/c1-3-8(16)5(12(20)7(15)9(3)17)6-13(21)10(18)4(2)11(19)14(6)22/h1-2H3. The molecular formula is C14H6BF7. The molecule has 0 aliphatic rings. The van der Waals surface area contributed by atoms with Gasteiger partial charge in [0, 0.05) is 11.1 Å². The van der Waals surface area contributed by atoms with Gasteiger partial charge in [-0.2, -0.15) is 0 Å². The normalized spacial score (nSPS) is 11.1. The van der Waals surface area contributed by atoms with Crippen molar-refractivity contribution in [1.82, 2.24) is 0 Å². The zero-order valence-electron chi connectivity index (χ0n) is 11.2. The second-order valence-corrected chi connectivity index (χ2v) is 4.61. The van der Waals surface area contributed by atoms with Crippen molar-refractivity contribution in [2.75, 3.05) is 0 Å². The topological polar surface area (TPSA) is 0 Å². The molecule has 0 N–H and O–H groups in total. The van der Waals surface area contributed by atoms with Gasteiger partial charge in [-0.3, -0.25) is 0 Å².